The molecule has 4 atom stereocenters. The Balaban J connectivity index is 1.29. The Morgan fingerprint density at radius 3 is 1.94 bits per heavy atom. The molecular formula is C39H41ClF5N3O5. The zero-order chi connectivity index (χ0) is 37.9. The van der Waals surface area contributed by atoms with Crippen LogP contribution in [0, 0.1) is 5.92 Å². The van der Waals surface area contributed by atoms with Crippen LogP contribution in [0.1, 0.15) is 75.0 Å². The number of alkyl halides is 5. The van der Waals surface area contributed by atoms with E-state index in [1.165, 1.54) is 41.3 Å². The number of nitrogens with zero attached hydrogens (tertiary/aromatic N) is 1. The first-order valence-corrected chi connectivity index (χ1v) is 18.2. The minimum Gasteiger partial charge on any atom is -0.493 e. The summed E-state index contributed by atoms with van der Waals surface area (Å²) in [4.78, 5) is 41.5. The van der Waals surface area contributed by atoms with Gasteiger partial charge in [-0.3, -0.25) is 9.59 Å². The van der Waals surface area contributed by atoms with Crippen LogP contribution < -0.4 is 15.8 Å². The molecule has 2 heterocycles. The van der Waals surface area contributed by atoms with Crippen molar-refractivity contribution < 1.29 is 45.8 Å². The van der Waals surface area contributed by atoms with Crippen LogP contribution >= 0.6 is 11.6 Å². The summed E-state index contributed by atoms with van der Waals surface area (Å²) >= 11 is 5.98. The van der Waals surface area contributed by atoms with Gasteiger partial charge in [0.05, 0.1) is 6.61 Å². The van der Waals surface area contributed by atoms with Crippen LogP contribution in [-0.2, 0) is 25.0 Å². The summed E-state index contributed by atoms with van der Waals surface area (Å²) in [6.07, 6.45) is -0.687. The zero-order valence-corrected chi connectivity index (χ0v) is 29.6. The second-order valence-corrected chi connectivity index (χ2v) is 14.6. The maximum Gasteiger partial charge on any atom is 0.490 e. The summed E-state index contributed by atoms with van der Waals surface area (Å²) in [5, 5.41) is 2.51. The topological polar surface area (TPSA) is 111 Å². The smallest absolute Gasteiger partial charge is 0.490 e. The lowest BCUT2D eigenvalue weighted by atomic mass is 9.90. The summed E-state index contributed by atoms with van der Waals surface area (Å²) < 4.78 is 84.3. The summed E-state index contributed by atoms with van der Waals surface area (Å²) in [6, 6.07) is 13.3. The number of amides is 2. The van der Waals surface area contributed by atoms with Crippen molar-refractivity contribution in [3.8, 4) is 16.9 Å². The zero-order valence-electron chi connectivity index (χ0n) is 28.8. The summed E-state index contributed by atoms with van der Waals surface area (Å²) in [7, 11) is 0. The Labute approximate surface area is 309 Å². The average molecular weight is 762 g/mol. The second kappa shape index (κ2) is 16.0. The summed E-state index contributed by atoms with van der Waals surface area (Å²) in [5.41, 5.74) is 6.55. The fraction of sp³-hybridized carbons (Fsp3) is 0.462. The van der Waals surface area contributed by atoms with Gasteiger partial charge in [-0.1, -0.05) is 79.4 Å². The highest BCUT2D eigenvalue weighted by Crippen LogP contribution is 2.40. The first-order chi connectivity index (χ1) is 25.2. The molecular weight excluding hydrogens is 721 g/mol. The first-order valence-electron chi connectivity index (χ1n) is 17.8. The van der Waals surface area contributed by atoms with E-state index in [0.717, 1.165) is 44.2 Å². The van der Waals surface area contributed by atoms with E-state index in [4.69, 9.17) is 22.1 Å². The van der Waals surface area contributed by atoms with Crippen LogP contribution in [0.4, 0.5) is 22.0 Å². The second-order valence-electron chi connectivity index (χ2n) is 14.2. The number of halogens is 6. The summed E-state index contributed by atoms with van der Waals surface area (Å²) in [6.45, 7) is 0.426. The number of piperidine rings is 1. The van der Waals surface area contributed by atoms with E-state index in [1.807, 2.05) is 5.32 Å². The predicted octanol–water partition coefficient (Wildman–Crippen LogP) is 7.87. The molecule has 2 bridgehead atoms. The third kappa shape index (κ3) is 8.95. The molecule has 2 unspecified atom stereocenters. The van der Waals surface area contributed by atoms with Crippen molar-refractivity contribution in [2.75, 3.05) is 6.61 Å². The number of nitrogens with one attached hydrogen (secondary N) is 1. The number of hydrogen-bond donors (Lipinski definition) is 2. The molecule has 2 aliphatic heterocycles. The molecule has 0 radical (unpaired) electrons. The van der Waals surface area contributed by atoms with Gasteiger partial charge in [0.2, 0.25) is 6.10 Å². The number of fused-ring (bicyclic) bond motifs is 2. The van der Waals surface area contributed by atoms with Gasteiger partial charge in [-0.2, -0.15) is 22.0 Å². The van der Waals surface area contributed by atoms with Crippen LogP contribution in [0.3, 0.4) is 0 Å². The van der Waals surface area contributed by atoms with Crippen molar-refractivity contribution >= 4 is 29.4 Å². The number of ether oxygens (including phenoxy) is 2. The first kappa shape index (κ1) is 38.5. The normalized spacial score (nSPS) is 21.8. The van der Waals surface area contributed by atoms with Crippen LogP contribution in [-0.4, -0.2) is 59.6 Å². The monoisotopic (exact) mass is 761 g/mol. The number of esters is 1. The highest BCUT2D eigenvalue weighted by atomic mass is 35.5. The molecule has 3 N–H and O–H groups in total. The number of carbonyl (C=O) groups is 3. The van der Waals surface area contributed by atoms with E-state index in [2.05, 4.69) is 4.74 Å². The van der Waals surface area contributed by atoms with Crippen molar-refractivity contribution in [3.05, 3.63) is 88.9 Å². The molecule has 284 valence electrons. The van der Waals surface area contributed by atoms with Gasteiger partial charge in [-0.05, 0) is 79.8 Å². The highest BCUT2D eigenvalue weighted by molar-refractivity contribution is 6.30. The van der Waals surface area contributed by atoms with E-state index in [0.29, 0.717) is 60.1 Å². The minimum absolute atomic E-state index is 0.240. The van der Waals surface area contributed by atoms with Gasteiger partial charge in [-0.15, -0.1) is 0 Å². The highest BCUT2D eigenvalue weighted by Gasteiger charge is 2.54. The minimum atomic E-state index is -5.50. The van der Waals surface area contributed by atoms with Crippen molar-refractivity contribution in [3.63, 3.8) is 0 Å². The third-order valence-corrected chi connectivity index (χ3v) is 10.7. The van der Waals surface area contributed by atoms with Crippen molar-refractivity contribution in [2.24, 2.45) is 11.7 Å². The van der Waals surface area contributed by atoms with Gasteiger partial charge in [0.1, 0.15) is 5.75 Å². The van der Waals surface area contributed by atoms with E-state index >= 15 is 8.78 Å². The molecule has 2 amide bonds. The Bertz CT molecular complexity index is 1740. The Morgan fingerprint density at radius 2 is 1.38 bits per heavy atom. The third-order valence-electron chi connectivity index (χ3n) is 10.5. The van der Waals surface area contributed by atoms with Gasteiger partial charge >= 0.3 is 18.1 Å². The van der Waals surface area contributed by atoms with Gasteiger partial charge in [-0.25, -0.2) is 4.79 Å². The van der Waals surface area contributed by atoms with Crippen LogP contribution in [0.2, 0.25) is 5.02 Å². The van der Waals surface area contributed by atoms with E-state index < -0.39 is 59.7 Å². The lowest BCUT2D eigenvalue weighted by Crippen LogP contribution is -2.61. The van der Waals surface area contributed by atoms with Gasteiger partial charge < -0.3 is 25.4 Å². The number of carbonyl (C=O) groups excluding carboxylic acids is 3. The average Bonchev–Trinajstić information content (AvgIpc) is 3.42. The molecule has 3 aromatic carbocycles. The Kier molecular flexibility index (Phi) is 11.6. The maximum atomic E-state index is 16.7. The fourth-order valence-corrected chi connectivity index (χ4v) is 7.83. The van der Waals surface area contributed by atoms with E-state index in [9.17, 15) is 27.6 Å². The van der Waals surface area contributed by atoms with Crippen molar-refractivity contribution in [2.45, 2.75) is 100 Å². The predicted molar refractivity (Wildman–Crippen MR) is 187 cm³/mol. The lowest BCUT2D eigenvalue weighted by Gasteiger charge is -2.41. The quantitative estimate of drug-likeness (QED) is 0.152. The molecule has 6 rings (SSSR count). The number of nitrogens with two attached hydrogens (primary N) is 1. The molecule has 8 nitrogen and oxygen atoms in total. The molecule has 1 saturated carbocycles. The summed E-state index contributed by atoms with van der Waals surface area (Å²) in [5.74, 6) is -8.70. The molecule has 14 heteroatoms. The Hall–Kier alpha value is -4.23. The van der Waals surface area contributed by atoms with Gasteiger partial charge in [0.15, 0.2) is 6.04 Å². The molecule has 0 spiro atoms. The van der Waals surface area contributed by atoms with Gasteiger partial charge in [0.25, 0.3) is 11.8 Å². The Morgan fingerprint density at radius 1 is 0.811 bits per heavy atom. The maximum absolute atomic E-state index is 16.7. The fourth-order valence-electron chi connectivity index (χ4n) is 7.70. The molecule has 2 saturated heterocycles. The van der Waals surface area contributed by atoms with Crippen LogP contribution in [0.25, 0.3) is 11.1 Å². The molecule has 1 aliphatic carbocycles. The lowest BCUT2D eigenvalue weighted by molar-refractivity contribution is -0.206. The molecule has 3 fully saturated rings. The van der Waals surface area contributed by atoms with Gasteiger partial charge in [0, 0.05) is 34.3 Å². The van der Waals surface area contributed by atoms with Crippen LogP contribution in [0.15, 0.2) is 72.8 Å². The number of hydrogen-bond acceptors (Lipinski definition) is 6. The van der Waals surface area contributed by atoms with E-state index in [-0.39, 0.29) is 11.6 Å². The number of benzene rings is 3. The molecule has 53 heavy (non-hydrogen) atoms. The molecule has 0 aromatic heterocycles. The largest absolute Gasteiger partial charge is 0.493 e. The molecule has 3 aromatic rings. The molecule has 3 aliphatic rings. The number of rotatable bonds is 11. The van der Waals surface area contributed by atoms with E-state index in [1.54, 1.807) is 24.3 Å². The van der Waals surface area contributed by atoms with Crippen molar-refractivity contribution in [1.82, 2.24) is 10.2 Å². The van der Waals surface area contributed by atoms with Crippen molar-refractivity contribution in [1.29, 1.82) is 0 Å². The standard InChI is InChI=1S/C39H41ClF5N3O5/c40-28-14-8-25(9-15-28)24-6-12-27(13-7-24)38(41,42)34(36(50)48-30-16-17-31(48)21-29(46)20-30)47-35(49)33(53-37(51)39(43,44)45)26-10-18-32(19-11-26)52-22-23-4-2-1-3-5-23/h6-15,18-19,23,29-31,33-34H,1-5,16-17,20-22,46H2,(H,47,49)/t29?,30?,31?,33-,34+/m0/s1. The SMILES string of the molecule is NC1CC2CCC(C1)N2C(=O)[C@@H](NC(=O)[C@@H](OC(=O)C(F)(F)F)c1ccc(OCC2CCCCC2)cc1)C(F)(F)c1ccc(-c2ccc(Cl)cc2)cc1. The van der Waals surface area contributed by atoms with Crippen LogP contribution in [0.5, 0.6) is 5.75 Å².